The number of furan rings is 1. The highest BCUT2D eigenvalue weighted by Gasteiger charge is 2.35. The molecule has 2 nitrogen and oxygen atoms in total. The zero-order valence-corrected chi connectivity index (χ0v) is 22.9. The molecule has 2 aliphatic rings. The van der Waals surface area contributed by atoms with Crippen LogP contribution >= 0.6 is 23.5 Å². The van der Waals surface area contributed by atoms with E-state index in [0.29, 0.717) is 0 Å². The third kappa shape index (κ3) is 3.27. The van der Waals surface area contributed by atoms with Crippen molar-refractivity contribution in [3.8, 4) is 22.3 Å². The van der Waals surface area contributed by atoms with Crippen molar-refractivity contribution in [3.63, 3.8) is 0 Å². The fourth-order valence-corrected chi connectivity index (χ4v) is 8.39. The van der Waals surface area contributed by atoms with Gasteiger partial charge in [-0.15, -0.1) is 0 Å². The van der Waals surface area contributed by atoms with Gasteiger partial charge in [0.1, 0.15) is 5.58 Å². The Bertz CT molecular complexity index is 2100. The summed E-state index contributed by atoms with van der Waals surface area (Å²) >= 11 is 3.69. The van der Waals surface area contributed by atoms with E-state index in [4.69, 9.17) is 4.42 Å². The van der Waals surface area contributed by atoms with Crippen LogP contribution in [0.15, 0.2) is 151 Å². The Kier molecular flexibility index (Phi) is 4.80. The maximum Gasteiger partial charge on any atom is 0.151 e. The van der Waals surface area contributed by atoms with E-state index in [1.165, 1.54) is 64.3 Å². The highest BCUT2D eigenvalue weighted by Crippen LogP contribution is 2.62. The van der Waals surface area contributed by atoms with Crippen LogP contribution in [0.1, 0.15) is 0 Å². The lowest BCUT2D eigenvalue weighted by atomic mass is 10.0. The second kappa shape index (κ2) is 8.56. The lowest BCUT2D eigenvalue weighted by Gasteiger charge is -2.38. The van der Waals surface area contributed by atoms with Crippen LogP contribution in [0, 0.1) is 0 Å². The summed E-state index contributed by atoms with van der Waals surface area (Å²) in [5, 5.41) is 2.34. The molecule has 1 aromatic heterocycles. The van der Waals surface area contributed by atoms with E-state index in [-0.39, 0.29) is 0 Å². The normalized spacial score (nSPS) is 13.2. The predicted molar refractivity (Wildman–Crippen MR) is 168 cm³/mol. The van der Waals surface area contributed by atoms with Crippen molar-refractivity contribution in [2.75, 3.05) is 4.90 Å². The molecule has 0 unspecified atom stereocenters. The summed E-state index contributed by atoms with van der Waals surface area (Å²) in [5.74, 6) is 0. The second-order valence-corrected chi connectivity index (χ2v) is 12.3. The van der Waals surface area contributed by atoms with Crippen LogP contribution in [-0.4, -0.2) is 0 Å². The van der Waals surface area contributed by atoms with Gasteiger partial charge >= 0.3 is 0 Å². The number of fused-ring (bicyclic) bond motifs is 8. The maximum atomic E-state index is 6.56. The molecule has 40 heavy (non-hydrogen) atoms. The molecule has 7 aromatic rings. The minimum absolute atomic E-state index is 0.931. The summed E-state index contributed by atoms with van der Waals surface area (Å²) < 4.78 is 6.56. The van der Waals surface area contributed by atoms with Gasteiger partial charge < -0.3 is 9.32 Å². The standard InChI is InChI=1S/C36H21NOS2/c1-3-9-22(10-4-1)24-15-17-28-31(19-24)39-33-21-27-26-13-7-8-14-30(26)38-35(27)36-34(33)37(28)29-18-16-25(20-32(29)40-36)23-11-5-2-6-12-23/h1-21H. The molecule has 0 atom stereocenters. The minimum Gasteiger partial charge on any atom is -0.455 e. The first kappa shape index (κ1) is 22.4. The van der Waals surface area contributed by atoms with Gasteiger partial charge in [-0.2, -0.15) is 0 Å². The molecule has 0 radical (unpaired) electrons. The Morgan fingerprint density at radius 3 is 1.75 bits per heavy atom. The van der Waals surface area contributed by atoms with Crippen LogP contribution in [0.2, 0.25) is 0 Å². The SMILES string of the molecule is c1ccc(-c2ccc3c(c2)Sc2cc4c(oc5ccccc54)c4c2N3c2ccc(-c3ccccc3)cc2S4)cc1. The average Bonchev–Trinajstić information content (AvgIpc) is 3.40. The molecule has 0 saturated heterocycles. The van der Waals surface area contributed by atoms with Gasteiger partial charge in [0.05, 0.1) is 22.0 Å². The van der Waals surface area contributed by atoms with Crippen LogP contribution in [0.5, 0.6) is 0 Å². The first-order valence-electron chi connectivity index (χ1n) is 13.3. The van der Waals surface area contributed by atoms with Crippen LogP contribution in [0.3, 0.4) is 0 Å². The van der Waals surface area contributed by atoms with E-state index in [2.05, 4.69) is 126 Å². The van der Waals surface area contributed by atoms with Crippen molar-refractivity contribution in [2.45, 2.75) is 19.6 Å². The quantitative estimate of drug-likeness (QED) is 0.214. The van der Waals surface area contributed by atoms with Crippen LogP contribution in [0.25, 0.3) is 44.2 Å². The fraction of sp³-hybridized carbons (Fsp3) is 0. The van der Waals surface area contributed by atoms with Gasteiger partial charge in [-0.05, 0) is 58.7 Å². The maximum absolute atomic E-state index is 6.56. The molecule has 6 aromatic carbocycles. The number of para-hydroxylation sites is 1. The molecule has 9 rings (SSSR count). The molecular formula is C36H21NOS2. The Hall–Kier alpha value is -4.38. The lowest BCUT2D eigenvalue weighted by molar-refractivity contribution is 0.659. The summed E-state index contributed by atoms with van der Waals surface area (Å²) in [7, 11) is 0. The highest BCUT2D eigenvalue weighted by atomic mass is 32.2. The lowest BCUT2D eigenvalue weighted by Crippen LogP contribution is -2.19. The molecule has 2 aliphatic heterocycles. The monoisotopic (exact) mass is 547 g/mol. The number of anilines is 3. The van der Waals surface area contributed by atoms with Gasteiger partial charge in [0, 0.05) is 25.5 Å². The topological polar surface area (TPSA) is 16.4 Å². The summed E-state index contributed by atoms with van der Waals surface area (Å²) in [6.45, 7) is 0. The number of benzene rings is 6. The summed E-state index contributed by atoms with van der Waals surface area (Å²) in [5.41, 5.74) is 10.5. The molecule has 0 fully saturated rings. The van der Waals surface area contributed by atoms with E-state index >= 15 is 0 Å². The highest BCUT2D eigenvalue weighted by molar-refractivity contribution is 8.01. The van der Waals surface area contributed by atoms with Gasteiger partial charge in [-0.25, -0.2) is 0 Å². The number of hydrogen-bond donors (Lipinski definition) is 0. The third-order valence-corrected chi connectivity index (χ3v) is 10.0. The van der Waals surface area contributed by atoms with Crippen molar-refractivity contribution in [3.05, 3.63) is 127 Å². The summed E-state index contributed by atoms with van der Waals surface area (Å²) in [6.07, 6.45) is 0. The zero-order valence-electron chi connectivity index (χ0n) is 21.3. The van der Waals surface area contributed by atoms with Gasteiger partial charge in [-0.3, -0.25) is 0 Å². The van der Waals surface area contributed by atoms with Crippen molar-refractivity contribution in [2.24, 2.45) is 0 Å². The molecule has 188 valence electrons. The molecule has 0 amide bonds. The third-order valence-electron chi connectivity index (χ3n) is 7.84. The Morgan fingerprint density at radius 1 is 0.475 bits per heavy atom. The Balaban J connectivity index is 1.31. The van der Waals surface area contributed by atoms with E-state index in [1.54, 1.807) is 0 Å². The van der Waals surface area contributed by atoms with Gasteiger partial charge in [0.15, 0.2) is 5.58 Å². The van der Waals surface area contributed by atoms with Crippen molar-refractivity contribution in [1.29, 1.82) is 0 Å². The number of nitrogens with zero attached hydrogens (tertiary/aromatic N) is 1. The molecular weight excluding hydrogens is 527 g/mol. The van der Waals surface area contributed by atoms with Gasteiger partial charge in [0.25, 0.3) is 0 Å². The van der Waals surface area contributed by atoms with Gasteiger partial charge in [0.2, 0.25) is 0 Å². The molecule has 4 heteroatoms. The van der Waals surface area contributed by atoms with Gasteiger partial charge in [-0.1, -0.05) is 115 Å². The minimum atomic E-state index is 0.931. The van der Waals surface area contributed by atoms with Crippen LogP contribution < -0.4 is 4.90 Å². The zero-order chi connectivity index (χ0) is 26.2. The molecule has 3 heterocycles. The average molecular weight is 548 g/mol. The van der Waals surface area contributed by atoms with Crippen molar-refractivity contribution < 1.29 is 4.42 Å². The van der Waals surface area contributed by atoms with Crippen LogP contribution in [-0.2, 0) is 0 Å². The fourth-order valence-electron chi connectivity index (χ4n) is 5.96. The molecule has 0 bridgehead atoms. The molecule has 0 spiro atoms. The van der Waals surface area contributed by atoms with E-state index in [9.17, 15) is 0 Å². The number of hydrogen-bond acceptors (Lipinski definition) is 4. The first-order chi connectivity index (χ1) is 19.8. The molecule has 0 saturated carbocycles. The van der Waals surface area contributed by atoms with Crippen molar-refractivity contribution in [1.82, 2.24) is 0 Å². The van der Waals surface area contributed by atoms with E-state index in [1.807, 2.05) is 29.6 Å². The summed E-state index contributed by atoms with van der Waals surface area (Å²) in [6, 6.07) is 45.7. The predicted octanol–water partition coefficient (Wildman–Crippen LogP) is 11.3. The van der Waals surface area contributed by atoms with E-state index < -0.39 is 0 Å². The largest absolute Gasteiger partial charge is 0.455 e. The second-order valence-electron chi connectivity index (χ2n) is 10.2. The van der Waals surface area contributed by atoms with Crippen molar-refractivity contribution >= 4 is 62.5 Å². The van der Waals surface area contributed by atoms with E-state index in [0.717, 1.165) is 16.6 Å². The van der Waals surface area contributed by atoms with Crippen LogP contribution in [0.4, 0.5) is 17.1 Å². The smallest absolute Gasteiger partial charge is 0.151 e. The summed E-state index contributed by atoms with van der Waals surface area (Å²) in [4.78, 5) is 7.40. The Morgan fingerprint density at radius 2 is 1.07 bits per heavy atom. The Labute approximate surface area is 240 Å². The number of rotatable bonds is 2. The molecule has 0 aliphatic carbocycles. The molecule has 0 N–H and O–H groups in total. The first-order valence-corrected chi connectivity index (χ1v) is 15.0.